The standard InChI is InChI=1S/C17H11ClN4O2/c18-16-15(21-13-6-1-2-7-14(13)22-16)12(9-19)17(23)24-10-11-5-3-4-8-20-11/h1-8,21H,10H2/b15-12-. The molecule has 6 nitrogen and oxygen atoms in total. The summed E-state index contributed by atoms with van der Waals surface area (Å²) in [5.74, 6) is -0.793. The summed E-state index contributed by atoms with van der Waals surface area (Å²) in [6.45, 7) is -0.0382. The Hall–Kier alpha value is -3.17. The Balaban J connectivity index is 1.84. The van der Waals surface area contributed by atoms with Crippen molar-refractivity contribution in [2.45, 2.75) is 6.61 Å². The Morgan fingerprint density at radius 2 is 2.04 bits per heavy atom. The van der Waals surface area contributed by atoms with Crippen LogP contribution in [0.15, 0.2) is 64.9 Å². The minimum absolute atomic E-state index is 0.0278. The first-order valence-electron chi connectivity index (χ1n) is 7.01. The summed E-state index contributed by atoms with van der Waals surface area (Å²) in [7, 11) is 0. The summed E-state index contributed by atoms with van der Waals surface area (Å²) < 4.78 is 5.14. The number of nitrogens with zero attached hydrogens (tertiary/aromatic N) is 3. The van der Waals surface area contributed by atoms with E-state index in [0.717, 1.165) is 0 Å². The Bertz CT molecular complexity index is 885. The molecule has 1 N–H and O–H groups in total. The predicted molar refractivity (Wildman–Crippen MR) is 89.7 cm³/mol. The fourth-order valence-electron chi connectivity index (χ4n) is 2.09. The van der Waals surface area contributed by atoms with E-state index in [9.17, 15) is 10.1 Å². The number of hydrogen-bond acceptors (Lipinski definition) is 6. The van der Waals surface area contributed by atoms with Gasteiger partial charge in [0.2, 0.25) is 0 Å². The fraction of sp³-hybridized carbons (Fsp3) is 0.0588. The van der Waals surface area contributed by atoms with Gasteiger partial charge in [0, 0.05) is 6.20 Å². The Labute approximate surface area is 143 Å². The van der Waals surface area contributed by atoms with E-state index in [2.05, 4.69) is 15.3 Å². The smallest absolute Gasteiger partial charge is 0.351 e. The molecule has 1 aromatic heterocycles. The molecule has 2 heterocycles. The van der Waals surface area contributed by atoms with Crippen LogP contribution in [0.1, 0.15) is 5.69 Å². The van der Waals surface area contributed by atoms with E-state index in [1.807, 2.05) is 18.2 Å². The second-order valence-corrected chi connectivity index (χ2v) is 5.16. The van der Waals surface area contributed by atoms with E-state index < -0.39 is 5.97 Å². The van der Waals surface area contributed by atoms with E-state index in [1.165, 1.54) is 0 Å². The maximum absolute atomic E-state index is 12.2. The number of carbonyl (C=O) groups excluding carboxylic acids is 1. The first-order chi connectivity index (χ1) is 11.7. The number of para-hydroxylation sites is 2. The molecule has 0 fully saturated rings. The molecule has 2 aromatic rings. The van der Waals surface area contributed by atoms with E-state index in [-0.39, 0.29) is 23.0 Å². The highest BCUT2D eigenvalue weighted by Gasteiger charge is 2.24. The molecule has 0 amide bonds. The number of esters is 1. The van der Waals surface area contributed by atoms with Crippen molar-refractivity contribution in [2.75, 3.05) is 5.32 Å². The molecule has 0 saturated carbocycles. The maximum Gasteiger partial charge on any atom is 0.351 e. The molecule has 0 saturated heterocycles. The van der Waals surface area contributed by atoms with Crippen LogP contribution in [0, 0.1) is 11.3 Å². The number of ether oxygens (including phenoxy) is 1. The van der Waals surface area contributed by atoms with Crippen molar-refractivity contribution >= 4 is 34.1 Å². The highest BCUT2D eigenvalue weighted by Crippen LogP contribution is 2.32. The van der Waals surface area contributed by atoms with Gasteiger partial charge in [0.15, 0.2) is 10.7 Å². The minimum Gasteiger partial charge on any atom is -0.455 e. The molecule has 7 heteroatoms. The largest absolute Gasteiger partial charge is 0.455 e. The normalized spacial score (nSPS) is 14.6. The van der Waals surface area contributed by atoms with Gasteiger partial charge in [-0.05, 0) is 24.3 Å². The third kappa shape index (κ3) is 3.26. The van der Waals surface area contributed by atoms with Crippen molar-refractivity contribution in [1.29, 1.82) is 5.26 Å². The second kappa shape index (κ2) is 6.94. The summed E-state index contributed by atoms with van der Waals surface area (Å²) >= 11 is 6.10. The van der Waals surface area contributed by atoms with Crippen molar-refractivity contribution in [1.82, 2.24) is 4.98 Å². The number of aromatic nitrogens is 1. The van der Waals surface area contributed by atoms with Crippen LogP contribution in [-0.4, -0.2) is 16.1 Å². The number of allylic oxidation sites excluding steroid dienone is 1. The number of halogens is 1. The van der Waals surface area contributed by atoms with Gasteiger partial charge in [-0.2, -0.15) is 5.26 Å². The Kier molecular flexibility index (Phi) is 4.54. The number of nitriles is 1. The van der Waals surface area contributed by atoms with Crippen LogP contribution in [0.25, 0.3) is 0 Å². The number of rotatable bonds is 3. The molecule has 3 rings (SSSR count). The summed E-state index contributed by atoms with van der Waals surface area (Å²) in [5, 5.41) is 12.3. The van der Waals surface area contributed by atoms with Gasteiger partial charge in [0.1, 0.15) is 18.4 Å². The molecule has 118 valence electrons. The number of hydrogen-bond donors (Lipinski definition) is 1. The van der Waals surface area contributed by atoms with Gasteiger partial charge in [0.25, 0.3) is 0 Å². The molecule has 0 atom stereocenters. The second-order valence-electron chi connectivity index (χ2n) is 4.80. The number of benzene rings is 1. The zero-order chi connectivity index (χ0) is 16.9. The molecule has 1 aromatic carbocycles. The first-order valence-corrected chi connectivity index (χ1v) is 7.39. The fourth-order valence-corrected chi connectivity index (χ4v) is 2.32. The minimum atomic E-state index is -0.793. The van der Waals surface area contributed by atoms with Crippen molar-refractivity contribution < 1.29 is 9.53 Å². The van der Waals surface area contributed by atoms with Gasteiger partial charge in [-0.25, -0.2) is 9.79 Å². The molecule has 0 aliphatic carbocycles. The molecule has 1 aliphatic heterocycles. The van der Waals surface area contributed by atoms with Gasteiger partial charge in [-0.1, -0.05) is 29.8 Å². The number of aliphatic imine (C=N–C) groups is 1. The highest BCUT2D eigenvalue weighted by molar-refractivity contribution is 6.70. The van der Waals surface area contributed by atoms with Gasteiger partial charge in [-0.3, -0.25) is 4.98 Å². The van der Waals surface area contributed by atoms with Gasteiger partial charge in [0.05, 0.1) is 17.1 Å². The summed E-state index contributed by atoms with van der Waals surface area (Å²) in [5.41, 5.74) is 1.75. The molecule has 0 radical (unpaired) electrons. The van der Waals surface area contributed by atoms with Crippen LogP contribution in [-0.2, 0) is 16.1 Å². The number of nitrogens with one attached hydrogen (secondary N) is 1. The average molecular weight is 339 g/mol. The lowest BCUT2D eigenvalue weighted by Crippen LogP contribution is -2.19. The van der Waals surface area contributed by atoms with Crippen molar-refractivity contribution in [3.8, 4) is 6.07 Å². The number of carbonyl (C=O) groups is 1. The monoisotopic (exact) mass is 338 g/mol. The Morgan fingerprint density at radius 1 is 1.25 bits per heavy atom. The molecule has 0 bridgehead atoms. The lowest BCUT2D eigenvalue weighted by atomic mass is 10.1. The molecular weight excluding hydrogens is 328 g/mol. The lowest BCUT2D eigenvalue weighted by molar-refractivity contribution is -0.139. The molecule has 0 unspecified atom stereocenters. The zero-order valence-electron chi connectivity index (χ0n) is 12.4. The number of anilines is 1. The van der Waals surface area contributed by atoms with E-state index in [0.29, 0.717) is 17.1 Å². The van der Waals surface area contributed by atoms with E-state index in [4.69, 9.17) is 16.3 Å². The number of pyridine rings is 1. The summed E-state index contributed by atoms with van der Waals surface area (Å²) in [4.78, 5) is 20.5. The van der Waals surface area contributed by atoms with Gasteiger partial charge in [-0.15, -0.1) is 0 Å². The summed E-state index contributed by atoms with van der Waals surface area (Å²) in [6.07, 6.45) is 1.59. The topological polar surface area (TPSA) is 87.4 Å². The van der Waals surface area contributed by atoms with Crippen molar-refractivity contribution in [3.05, 3.63) is 65.6 Å². The van der Waals surface area contributed by atoms with Crippen LogP contribution in [0.4, 0.5) is 11.4 Å². The van der Waals surface area contributed by atoms with Crippen LogP contribution >= 0.6 is 11.6 Å². The van der Waals surface area contributed by atoms with Crippen LogP contribution in [0.5, 0.6) is 0 Å². The first kappa shape index (κ1) is 15.7. The molecule has 24 heavy (non-hydrogen) atoms. The average Bonchev–Trinajstić information content (AvgIpc) is 2.62. The van der Waals surface area contributed by atoms with Crippen LogP contribution < -0.4 is 5.32 Å². The molecular formula is C17H11ClN4O2. The summed E-state index contributed by atoms with van der Waals surface area (Å²) in [6, 6.07) is 14.3. The third-order valence-corrected chi connectivity index (χ3v) is 3.51. The SMILES string of the molecule is N#C/C(C(=O)OCc1ccccn1)=C1/Nc2ccccc2N=C1Cl. The van der Waals surface area contributed by atoms with Crippen molar-refractivity contribution in [3.63, 3.8) is 0 Å². The zero-order valence-corrected chi connectivity index (χ0v) is 13.1. The van der Waals surface area contributed by atoms with E-state index in [1.54, 1.807) is 36.5 Å². The highest BCUT2D eigenvalue weighted by atomic mass is 35.5. The van der Waals surface area contributed by atoms with Crippen molar-refractivity contribution in [2.24, 2.45) is 4.99 Å². The predicted octanol–water partition coefficient (Wildman–Crippen LogP) is 3.30. The van der Waals surface area contributed by atoms with Gasteiger partial charge < -0.3 is 10.1 Å². The molecule has 1 aliphatic rings. The Morgan fingerprint density at radius 3 is 2.79 bits per heavy atom. The van der Waals surface area contributed by atoms with Gasteiger partial charge >= 0.3 is 5.97 Å². The van der Waals surface area contributed by atoms with Crippen LogP contribution in [0.2, 0.25) is 0 Å². The van der Waals surface area contributed by atoms with Crippen LogP contribution in [0.3, 0.4) is 0 Å². The molecule has 0 spiro atoms. The quantitative estimate of drug-likeness (QED) is 0.527. The lowest BCUT2D eigenvalue weighted by Gasteiger charge is -2.18. The number of fused-ring (bicyclic) bond motifs is 1. The maximum atomic E-state index is 12.2. The third-order valence-electron chi connectivity index (χ3n) is 3.23. The van der Waals surface area contributed by atoms with E-state index >= 15 is 0 Å².